The number of hydrogen-bond donors (Lipinski definition) is 1. The molecule has 0 aliphatic heterocycles. The standard InChI is InChI=1S/C12H18N2O3/c1-8-5-6-11(14(15)16)7-12(8)13-9(2)10(3)17-4/h5-7,9-10,13H,1-4H3. The number of hydrogen-bond acceptors (Lipinski definition) is 4. The third kappa shape index (κ3) is 3.42. The van der Waals surface area contributed by atoms with Crippen molar-refractivity contribution < 1.29 is 9.66 Å². The second kappa shape index (κ2) is 5.63. The molecule has 17 heavy (non-hydrogen) atoms. The molecule has 0 saturated carbocycles. The van der Waals surface area contributed by atoms with Crippen LogP contribution in [0.5, 0.6) is 0 Å². The maximum Gasteiger partial charge on any atom is 0.271 e. The summed E-state index contributed by atoms with van der Waals surface area (Å²) in [7, 11) is 1.64. The van der Waals surface area contributed by atoms with Gasteiger partial charge >= 0.3 is 0 Å². The zero-order valence-corrected chi connectivity index (χ0v) is 10.6. The molecule has 2 atom stereocenters. The Morgan fingerprint density at radius 3 is 2.59 bits per heavy atom. The van der Waals surface area contributed by atoms with Crippen LogP contribution in [-0.2, 0) is 4.74 Å². The minimum atomic E-state index is -0.394. The fraction of sp³-hybridized carbons (Fsp3) is 0.500. The van der Waals surface area contributed by atoms with Crippen molar-refractivity contribution in [1.29, 1.82) is 0 Å². The van der Waals surface area contributed by atoms with Crippen LogP contribution in [-0.4, -0.2) is 24.2 Å². The lowest BCUT2D eigenvalue weighted by Crippen LogP contribution is -2.29. The summed E-state index contributed by atoms with van der Waals surface area (Å²) in [5.41, 5.74) is 1.84. The number of methoxy groups -OCH3 is 1. The normalized spacial score (nSPS) is 14.1. The van der Waals surface area contributed by atoms with Crippen molar-refractivity contribution in [2.24, 2.45) is 0 Å². The van der Waals surface area contributed by atoms with Gasteiger partial charge in [-0.05, 0) is 26.3 Å². The lowest BCUT2D eigenvalue weighted by atomic mass is 10.1. The lowest BCUT2D eigenvalue weighted by molar-refractivity contribution is -0.384. The number of nitro groups is 1. The number of nitrogens with zero attached hydrogens (tertiary/aromatic N) is 1. The van der Waals surface area contributed by atoms with Crippen LogP contribution in [0.2, 0.25) is 0 Å². The first-order chi connectivity index (χ1) is 7.95. The average molecular weight is 238 g/mol. The Kier molecular flexibility index (Phi) is 4.45. The van der Waals surface area contributed by atoms with Crippen molar-refractivity contribution in [2.45, 2.75) is 32.9 Å². The quantitative estimate of drug-likeness (QED) is 0.632. The van der Waals surface area contributed by atoms with Gasteiger partial charge < -0.3 is 10.1 Å². The highest BCUT2D eigenvalue weighted by atomic mass is 16.6. The van der Waals surface area contributed by atoms with Gasteiger partial charge in [-0.25, -0.2) is 0 Å². The second-order valence-electron chi connectivity index (χ2n) is 4.13. The number of anilines is 1. The molecule has 5 heteroatoms. The van der Waals surface area contributed by atoms with E-state index in [0.29, 0.717) is 0 Å². The largest absolute Gasteiger partial charge is 0.380 e. The zero-order valence-electron chi connectivity index (χ0n) is 10.6. The van der Waals surface area contributed by atoms with Crippen molar-refractivity contribution in [3.05, 3.63) is 33.9 Å². The van der Waals surface area contributed by atoms with Gasteiger partial charge in [0.2, 0.25) is 0 Å². The first-order valence-electron chi connectivity index (χ1n) is 5.50. The Bertz CT molecular complexity index is 407. The summed E-state index contributed by atoms with van der Waals surface area (Å²) in [6, 6.07) is 4.88. The molecule has 0 aliphatic carbocycles. The molecule has 1 aromatic rings. The van der Waals surface area contributed by atoms with E-state index >= 15 is 0 Å². The fourth-order valence-electron chi connectivity index (χ4n) is 1.45. The van der Waals surface area contributed by atoms with E-state index in [-0.39, 0.29) is 17.8 Å². The summed E-state index contributed by atoms with van der Waals surface area (Å²) in [5.74, 6) is 0. The predicted molar refractivity (Wildman–Crippen MR) is 67.4 cm³/mol. The summed E-state index contributed by atoms with van der Waals surface area (Å²) in [6.07, 6.45) is 0.0358. The SMILES string of the molecule is COC(C)C(C)Nc1cc([N+](=O)[O-])ccc1C. The van der Waals surface area contributed by atoms with Gasteiger partial charge in [-0.1, -0.05) is 6.07 Å². The van der Waals surface area contributed by atoms with Crippen LogP contribution in [0.4, 0.5) is 11.4 Å². The molecule has 1 aromatic carbocycles. The average Bonchev–Trinajstić information content (AvgIpc) is 2.30. The number of aryl methyl sites for hydroxylation is 1. The maximum absolute atomic E-state index is 10.7. The van der Waals surface area contributed by atoms with Crippen LogP contribution >= 0.6 is 0 Å². The first kappa shape index (κ1) is 13.4. The van der Waals surface area contributed by atoms with Crippen molar-refractivity contribution in [3.8, 4) is 0 Å². The van der Waals surface area contributed by atoms with E-state index in [2.05, 4.69) is 5.32 Å². The van der Waals surface area contributed by atoms with E-state index in [1.54, 1.807) is 19.2 Å². The fourth-order valence-corrected chi connectivity index (χ4v) is 1.45. The molecule has 0 saturated heterocycles. The van der Waals surface area contributed by atoms with E-state index in [0.717, 1.165) is 11.3 Å². The molecule has 0 spiro atoms. The third-order valence-corrected chi connectivity index (χ3v) is 2.89. The minimum Gasteiger partial charge on any atom is -0.380 e. The highest BCUT2D eigenvalue weighted by Gasteiger charge is 2.14. The molecular weight excluding hydrogens is 220 g/mol. The lowest BCUT2D eigenvalue weighted by Gasteiger charge is -2.22. The molecule has 0 aliphatic rings. The van der Waals surface area contributed by atoms with Crippen molar-refractivity contribution in [1.82, 2.24) is 0 Å². The molecule has 0 fully saturated rings. The van der Waals surface area contributed by atoms with Crippen LogP contribution in [0.25, 0.3) is 0 Å². The monoisotopic (exact) mass is 238 g/mol. The van der Waals surface area contributed by atoms with Gasteiger partial charge in [0.1, 0.15) is 0 Å². The zero-order chi connectivity index (χ0) is 13.0. The summed E-state index contributed by atoms with van der Waals surface area (Å²) >= 11 is 0. The molecule has 94 valence electrons. The van der Waals surface area contributed by atoms with Gasteiger partial charge in [-0.2, -0.15) is 0 Å². The smallest absolute Gasteiger partial charge is 0.271 e. The van der Waals surface area contributed by atoms with Gasteiger partial charge in [0, 0.05) is 31.0 Å². The number of ether oxygens (including phenoxy) is 1. The van der Waals surface area contributed by atoms with Crippen molar-refractivity contribution in [3.63, 3.8) is 0 Å². The molecule has 5 nitrogen and oxygen atoms in total. The maximum atomic E-state index is 10.7. The summed E-state index contributed by atoms with van der Waals surface area (Å²) in [4.78, 5) is 10.3. The van der Waals surface area contributed by atoms with Gasteiger partial charge in [-0.3, -0.25) is 10.1 Å². The highest BCUT2D eigenvalue weighted by molar-refractivity contribution is 5.57. The molecule has 0 aromatic heterocycles. The van der Waals surface area contributed by atoms with Gasteiger partial charge in [-0.15, -0.1) is 0 Å². The van der Waals surface area contributed by atoms with Crippen LogP contribution in [0.15, 0.2) is 18.2 Å². The number of benzene rings is 1. The van der Waals surface area contributed by atoms with Gasteiger partial charge in [0.15, 0.2) is 0 Å². The van der Waals surface area contributed by atoms with Crippen LogP contribution in [0, 0.1) is 17.0 Å². The van der Waals surface area contributed by atoms with Crippen LogP contribution < -0.4 is 5.32 Å². The number of nitro benzene ring substituents is 1. The highest BCUT2D eigenvalue weighted by Crippen LogP contribution is 2.23. The van der Waals surface area contributed by atoms with E-state index in [1.807, 2.05) is 20.8 Å². The second-order valence-corrected chi connectivity index (χ2v) is 4.13. The number of rotatable bonds is 5. The Morgan fingerprint density at radius 2 is 2.06 bits per heavy atom. The molecule has 0 bridgehead atoms. The van der Waals surface area contributed by atoms with Crippen molar-refractivity contribution in [2.75, 3.05) is 12.4 Å². The minimum absolute atomic E-state index is 0.0358. The molecular formula is C12H18N2O3. The molecule has 0 amide bonds. The van der Waals surface area contributed by atoms with Crippen molar-refractivity contribution >= 4 is 11.4 Å². The Morgan fingerprint density at radius 1 is 1.41 bits per heavy atom. The molecule has 0 heterocycles. The van der Waals surface area contributed by atoms with Crippen LogP contribution in [0.3, 0.4) is 0 Å². The van der Waals surface area contributed by atoms with E-state index in [4.69, 9.17) is 4.74 Å². The Labute approximate surface area is 101 Å². The molecule has 1 rings (SSSR count). The molecule has 0 radical (unpaired) electrons. The summed E-state index contributed by atoms with van der Waals surface area (Å²) in [5, 5.41) is 13.9. The van der Waals surface area contributed by atoms with Gasteiger partial charge in [0.25, 0.3) is 5.69 Å². The summed E-state index contributed by atoms with van der Waals surface area (Å²) < 4.78 is 5.21. The Hall–Kier alpha value is -1.62. The van der Waals surface area contributed by atoms with E-state index in [1.165, 1.54) is 6.07 Å². The first-order valence-corrected chi connectivity index (χ1v) is 5.50. The van der Waals surface area contributed by atoms with Crippen LogP contribution in [0.1, 0.15) is 19.4 Å². The predicted octanol–water partition coefficient (Wildman–Crippen LogP) is 2.74. The van der Waals surface area contributed by atoms with E-state index < -0.39 is 4.92 Å². The topological polar surface area (TPSA) is 64.4 Å². The van der Waals surface area contributed by atoms with Gasteiger partial charge in [0.05, 0.1) is 11.0 Å². The number of non-ortho nitro benzene ring substituents is 1. The van der Waals surface area contributed by atoms with E-state index in [9.17, 15) is 10.1 Å². The third-order valence-electron chi connectivity index (χ3n) is 2.89. The molecule has 2 unspecified atom stereocenters. The molecule has 1 N–H and O–H groups in total. The Balaban J connectivity index is 2.89. The number of nitrogens with one attached hydrogen (secondary N) is 1. The summed E-state index contributed by atoms with van der Waals surface area (Å²) in [6.45, 7) is 5.84.